The highest BCUT2D eigenvalue weighted by Crippen LogP contribution is 2.32. The molecule has 0 aliphatic carbocycles. The summed E-state index contributed by atoms with van der Waals surface area (Å²) in [4.78, 5) is 12.3. The fourth-order valence-electron chi connectivity index (χ4n) is 3.01. The molecular formula is C22H23Cl2FN4OS. The van der Waals surface area contributed by atoms with Crippen LogP contribution >= 0.6 is 35.0 Å². The summed E-state index contributed by atoms with van der Waals surface area (Å²) in [6.45, 7) is 5.84. The molecule has 164 valence electrons. The fourth-order valence-corrected chi connectivity index (χ4v) is 4.41. The number of hydrogen-bond acceptors (Lipinski definition) is 4. The fraction of sp³-hybridized carbons (Fsp3) is 0.318. The van der Waals surface area contributed by atoms with Gasteiger partial charge in [-0.3, -0.25) is 9.36 Å². The van der Waals surface area contributed by atoms with E-state index in [9.17, 15) is 9.18 Å². The zero-order valence-corrected chi connectivity index (χ0v) is 19.7. The van der Waals surface area contributed by atoms with Crippen LogP contribution in [0.25, 0.3) is 5.69 Å². The molecule has 9 heteroatoms. The number of nitrogens with one attached hydrogen (secondary N) is 1. The Balaban J connectivity index is 1.93. The third kappa shape index (κ3) is 6.21. The quantitative estimate of drug-likeness (QED) is 0.388. The third-order valence-corrected chi connectivity index (χ3v) is 5.99. The lowest BCUT2D eigenvalue weighted by atomic mass is 10.1. The molecule has 0 bridgehead atoms. The van der Waals surface area contributed by atoms with Gasteiger partial charge in [0.15, 0.2) is 11.0 Å². The highest BCUT2D eigenvalue weighted by Gasteiger charge is 2.22. The number of nitrogens with zero attached hydrogens (tertiary/aromatic N) is 3. The van der Waals surface area contributed by atoms with Crippen LogP contribution in [0.4, 0.5) is 4.39 Å². The molecule has 0 spiro atoms. The molecule has 31 heavy (non-hydrogen) atoms. The Bertz CT molecular complexity index is 1060. The Morgan fingerprint density at radius 1 is 1.13 bits per heavy atom. The standard InChI is InChI=1S/C22H23Cl2FN4OS/c1-13(2)10-20(30)26-14(3)21-27-28-22(31-12-15-4-7-17(25)8-5-15)29(21)19-9-6-16(23)11-18(19)24/h4-9,11,13-14H,10,12H2,1-3H3,(H,26,30). The maximum Gasteiger partial charge on any atom is 0.220 e. The lowest BCUT2D eigenvalue weighted by Gasteiger charge is -2.18. The molecule has 0 saturated carbocycles. The second kappa shape index (κ2) is 10.5. The topological polar surface area (TPSA) is 59.8 Å². The van der Waals surface area contributed by atoms with Gasteiger partial charge in [0.05, 0.1) is 16.8 Å². The van der Waals surface area contributed by atoms with Gasteiger partial charge in [0.1, 0.15) is 5.82 Å². The largest absolute Gasteiger partial charge is 0.346 e. The number of hydrogen-bond donors (Lipinski definition) is 1. The number of rotatable bonds is 8. The molecule has 1 N–H and O–H groups in total. The van der Waals surface area contributed by atoms with Crippen LogP contribution in [-0.4, -0.2) is 20.7 Å². The van der Waals surface area contributed by atoms with Gasteiger partial charge in [0.2, 0.25) is 5.91 Å². The molecule has 1 atom stereocenters. The van der Waals surface area contributed by atoms with Gasteiger partial charge in [-0.2, -0.15) is 0 Å². The summed E-state index contributed by atoms with van der Waals surface area (Å²) in [7, 11) is 0. The van der Waals surface area contributed by atoms with Gasteiger partial charge < -0.3 is 5.32 Å². The van der Waals surface area contributed by atoms with Crippen LogP contribution in [0.2, 0.25) is 10.0 Å². The van der Waals surface area contributed by atoms with Crippen molar-refractivity contribution in [1.82, 2.24) is 20.1 Å². The molecule has 3 aromatic rings. The van der Waals surface area contributed by atoms with Crippen LogP contribution in [0.3, 0.4) is 0 Å². The first-order valence-electron chi connectivity index (χ1n) is 9.82. The molecular weight excluding hydrogens is 458 g/mol. The number of carbonyl (C=O) groups excluding carboxylic acids is 1. The van der Waals surface area contributed by atoms with Crippen molar-refractivity contribution in [1.29, 1.82) is 0 Å². The molecule has 1 unspecified atom stereocenters. The Morgan fingerprint density at radius 3 is 2.48 bits per heavy atom. The normalized spacial score (nSPS) is 12.2. The smallest absolute Gasteiger partial charge is 0.220 e. The van der Waals surface area contributed by atoms with E-state index in [0.29, 0.717) is 38.9 Å². The minimum Gasteiger partial charge on any atom is -0.346 e. The zero-order chi connectivity index (χ0) is 22.5. The van der Waals surface area contributed by atoms with Crippen LogP contribution < -0.4 is 5.32 Å². The molecule has 0 radical (unpaired) electrons. The molecule has 0 saturated heterocycles. The Labute approximate surface area is 195 Å². The van der Waals surface area contributed by atoms with Gasteiger partial charge in [-0.25, -0.2) is 4.39 Å². The Hall–Kier alpha value is -2.09. The second-order valence-electron chi connectivity index (χ2n) is 7.57. The lowest BCUT2D eigenvalue weighted by molar-refractivity contribution is -0.122. The van der Waals surface area contributed by atoms with Gasteiger partial charge >= 0.3 is 0 Å². The van der Waals surface area contributed by atoms with Gasteiger partial charge in [-0.15, -0.1) is 10.2 Å². The molecule has 1 aromatic heterocycles. The molecule has 0 fully saturated rings. The van der Waals surface area contributed by atoms with E-state index in [1.807, 2.05) is 25.3 Å². The Morgan fingerprint density at radius 2 is 1.84 bits per heavy atom. The van der Waals surface area contributed by atoms with E-state index in [1.165, 1.54) is 23.9 Å². The lowest BCUT2D eigenvalue weighted by Crippen LogP contribution is -2.29. The molecule has 2 aromatic carbocycles. The maximum absolute atomic E-state index is 13.2. The van der Waals surface area contributed by atoms with E-state index < -0.39 is 0 Å². The number of carbonyl (C=O) groups is 1. The highest BCUT2D eigenvalue weighted by molar-refractivity contribution is 7.98. The number of amides is 1. The number of thioether (sulfide) groups is 1. The molecule has 1 heterocycles. The monoisotopic (exact) mass is 480 g/mol. The van der Waals surface area contributed by atoms with Gasteiger partial charge in [-0.05, 0) is 48.7 Å². The van der Waals surface area contributed by atoms with Gasteiger partial charge in [0.25, 0.3) is 0 Å². The van der Waals surface area contributed by atoms with Crippen LogP contribution in [0.1, 0.15) is 44.6 Å². The summed E-state index contributed by atoms with van der Waals surface area (Å²) in [6, 6.07) is 11.1. The van der Waals surface area contributed by atoms with E-state index in [2.05, 4.69) is 15.5 Å². The van der Waals surface area contributed by atoms with Crippen LogP contribution in [0.5, 0.6) is 0 Å². The minimum atomic E-state index is -0.384. The summed E-state index contributed by atoms with van der Waals surface area (Å²) in [6.07, 6.45) is 0.423. The summed E-state index contributed by atoms with van der Waals surface area (Å²) in [5, 5.41) is 13.2. The van der Waals surface area contributed by atoms with Crippen molar-refractivity contribution in [2.24, 2.45) is 5.92 Å². The maximum atomic E-state index is 13.2. The van der Waals surface area contributed by atoms with Crippen molar-refractivity contribution in [2.45, 2.75) is 44.1 Å². The summed E-state index contributed by atoms with van der Waals surface area (Å²) in [5.41, 5.74) is 1.61. The van der Waals surface area contributed by atoms with Crippen molar-refractivity contribution < 1.29 is 9.18 Å². The average Bonchev–Trinajstić information content (AvgIpc) is 3.10. The predicted octanol–water partition coefficient (Wildman–Crippen LogP) is 6.23. The van der Waals surface area contributed by atoms with Crippen LogP contribution in [0, 0.1) is 11.7 Å². The zero-order valence-electron chi connectivity index (χ0n) is 17.4. The van der Waals surface area contributed by atoms with E-state index in [4.69, 9.17) is 23.2 Å². The number of aromatic nitrogens is 3. The molecule has 1 amide bonds. The summed E-state index contributed by atoms with van der Waals surface area (Å²) >= 11 is 14.0. The molecule has 5 nitrogen and oxygen atoms in total. The first-order valence-corrected chi connectivity index (χ1v) is 11.6. The first kappa shape index (κ1) is 23.6. The first-order chi connectivity index (χ1) is 14.7. The molecule has 0 aliphatic rings. The molecule has 0 aliphatic heterocycles. The van der Waals surface area contributed by atoms with Crippen molar-refractivity contribution in [3.63, 3.8) is 0 Å². The average molecular weight is 481 g/mol. The van der Waals surface area contributed by atoms with Crippen molar-refractivity contribution in [2.75, 3.05) is 0 Å². The van der Waals surface area contributed by atoms with Crippen molar-refractivity contribution in [3.8, 4) is 5.69 Å². The SMILES string of the molecule is CC(C)CC(=O)NC(C)c1nnc(SCc2ccc(F)cc2)n1-c1ccc(Cl)cc1Cl. The Kier molecular flexibility index (Phi) is 7.97. The van der Waals surface area contributed by atoms with E-state index in [-0.39, 0.29) is 23.7 Å². The predicted molar refractivity (Wildman–Crippen MR) is 123 cm³/mol. The van der Waals surface area contributed by atoms with Crippen LogP contribution in [-0.2, 0) is 10.5 Å². The van der Waals surface area contributed by atoms with Crippen molar-refractivity contribution >= 4 is 40.9 Å². The van der Waals surface area contributed by atoms with E-state index in [1.54, 1.807) is 30.3 Å². The van der Waals surface area contributed by atoms with Gasteiger partial charge in [0, 0.05) is 17.2 Å². The number of benzene rings is 2. The van der Waals surface area contributed by atoms with E-state index in [0.717, 1.165) is 5.56 Å². The summed E-state index contributed by atoms with van der Waals surface area (Å²) < 4.78 is 15.0. The number of halogens is 3. The van der Waals surface area contributed by atoms with Crippen LogP contribution in [0.15, 0.2) is 47.6 Å². The van der Waals surface area contributed by atoms with E-state index >= 15 is 0 Å². The van der Waals surface area contributed by atoms with Gasteiger partial charge in [-0.1, -0.05) is 60.9 Å². The molecule has 3 rings (SSSR count). The minimum absolute atomic E-state index is 0.0558. The summed E-state index contributed by atoms with van der Waals surface area (Å²) in [5.74, 6) is 1.04. The second-order valence-corrected chi connectivity index (χ2v) is 9.36. The third-order valence-electron chi connectivity index (χ3n) is 4.45. The highest BCUT2D eigenvalue weighted by atomic mass is 35.5. The van der Waals surface area contributed by atoms with Crippen molar-refractivity contribution in [3.05, 3.63) is 69.7 Å².